The summed E-state index contributed by atoms with van der Waals surface area (Å²) in [7, 11) is 3.05. The Balaban J connectivity index is 1.72. The molecule has 1 aromatic carbocycles. The predicted molar refractivity (Wildman–Crippen MR) is 141 cm³/mol. The third kappa shape index (κ3) is 4.13. The molecule has 2 aliphatic rings. The van der Waals surface area contributed by atoms with E-state index in [1.807, 2.05) is 4.90 Å². The Morgan fingerprint density at radius 1 is 1.08 bits per heavy atom. The first-order chi connectivity index (χ1) is 17.5. The molecule has 5 rings (SSSR count). The maximum absolute atomic E-state index is 14.0. The van der Waals surface area contributed by atoms with Crippen LogP contribution in [0, 0.1) is 0 Å². The fourth-order valence-electron chi connectivity index (χ4n) is 5.67. The third-order valence-electron chi connectivity index (χ3n) is 7.58. The Bertz CT molecular complexity index is 1420. The SMILES string of the molecule is CCC1CCCCN1C(=O)Cn1c(=O)n(-c2ccc(OC)cc2OC)c(=O)c2c3c(sc21)CCCC3. The Kier molecular flexibility index (Phi) is 6.92. The van der Waals surface area contributed by atoms with Crippen molar-refractivity contribution in [1.29, 1.82) is 0 Å². The number of aromatic nitrogens is 2. The molecule has 3 aromatic rings. The lowest BCUT2D eigenvalue weighted by molar-refractivity contribution is -0.135. The van der Waals surface area contributed by atoms with E-state index in [-0.39, 0.29) is 24.1 Å². The summed E-state index contributed by atoms with van der Waals surface area (Å²) in [4.78, 5) is 45.1. The van der Waals surface area contributed by atoms with Gasteiger partial charge in [0, 0.05) is 23.5 Å². The van der Waals surface area contributed by atoms with Gasteiger partial charge in [0.25, 0.3) is 5.56 Å². The van der Waals surface area contributed by atoms with Gasteiger partial charge < -0.3 is 14.4 Å². The molecule has 0 saturated carbocycles. The minimum Gasteiger partial charge on any atom is -0.497 e. The second-order valence-corrected chi connectivity index (χ2v) is 10.7. The van der Waals surface area contributed by atoms with Gasteiger partial charge >= 0.3 is 5.69 Å². The first-order valence-corrected chi connectivity index (χ1v) is 13.6. The highest BCUT2D eigenvalue weighted by Crippen LogP contribution is 2.35. The van der Waals surface area contributed by atoms with Crippen molar-refractivity contribution in [3.63, 3.8) is 0 Å². The number of methoxy groups -OCH3 is 2. The number of carbonyl (C=O) groups is 1. The van der Waals surface area contributed by atoms with Crippen molar-refractivity contribution in [2.45, 2.75) is 70.9 Å². The van der Waals surface area contributed by atoms with Gasteiger partial charge in [-0.25, -0.2) is 9.36 Å². The van der Waals surface area contributed by atoms with Gasteiger partial charge in [-0.2, -0.15) is 0 Å². The van der Waals surface area contributed by atoms with Crippen LogP contribution in [0.25, 0.3) is 15.9 Å². The fourth-order valence-corrected chi connectivity index (χ4v) is 7.04. The second-order valence-electron chi connectivity index (χ2n) is 9.58. The average molecular weight is 512 g/mol. The molecule has 2 aromatic heterocycles. The number of amides is 1. The summed E-state index contributed by atoms with van der Waals surface area (Å²) in [5, 5.41) is 0.561. The molecule has 36 heavy (non-hydrogen) atoms. The first-order valence-electron chi connectivity index (χ1n) is 12.8. The van der Waals surface area contributed by atoms with Crippen LogP contribution < -0.4 is 20.7 Å². The van der Waals surface area contributed by atoms with Crippen LogP contribution in [0.4, 0.5) is 0 Å². The van der Waals surface area contributed by atoms with E-state index in [2.05, 4.69) is 6.92 Å². The van der Waals surface area contributed by atoms with Crippen LogP contribution in [0.15, 0.2) is 27.8 Å². The number of carbonyl (C=O) groups excluding carboxylic acids is 1. The smallest absolute Gasteiger partial charge is 0.337 e. The van der Waals surface area contributed by atoms with E-state index in [0.717, 1.165) is 61.8 Å². The van der Waals surface area contributed by atoms with Crippen molar-refractivity contribution in [3.05, 3.63) is 49.5 Å². The molecule has 9 heteroatoms. The maximum Gasteiger partial charge on any atom is 0.337 e. The van der Waals surface area contributed by atoms with Crippen molar-refractivity contribution in [2.24, 2.45) is 0 Å². The molecule has 1 unspecified atom stereocenters. The van der Waals surface area contributed by atoms with Crippen molar-refractivity contribution >= 4 is 27.5 Å². The summed E-state index contributed by atoms with van der Waals surface area (Å²) in [6.45, 7) is 2.73. The number of likely N-dealkylation sites (tertiary alicyclic amines) is 1. The van der Waals surface area contributed by atoms with Crippen LogP contribution in [0.1, 0.15) is 55.9 Å². The lowest BCUT2D eigenvalue weighted by atomic mass is 9.97. The lowest BCUT2D eigenvalue weighted by Crippen LogP contribution is -2.47. The molecule has 1 aliphatic heterocycles. The summed E-state index contributed by atoms with van der Waals surface area (Å²) in [5.41, 5.74) is 0.494. The zero-order chi connectivity index (χ0) is 25.4. The van der Waals surface area contributed by atoms with E-state index in [1.54, 1.807) is 25.3 Å². The van der Waals surface area contributed by atoms with E-state index >= 15 is 0 Å². The topological polar surface area (TPSA) is 82.8 Å². The van der Waals surface area contributed by atoms with Gasteiger partial charge in [-0.05, 0) is 69.1 Å². The van der Waals surface area contributed by atoms with Gasteiger partial charge in [-0.1, -0.05) is 6.92 Å². The zero-order valence-electron chi connectivity index (χ0n) is 21.2. The molecule has 1 amide bonds. The van der Waals surface area contributed by atoms with Crippen molar-refractivity contribution in [1.82, 2.24) is 14.0 Å². The van der Waals surface area contributed by atoms with Crippen molar-refractivity contribution < 1.29 is 14.3 Å². The number of fused-ring (bicyclic) bond motifs is 3. The maximum atomic E-state index is 14.0. The minimum atomic E-state index is -0.520. The van der Waals surface area contributed by atoms with Crippen molar-refractivity contribution in [2.75, 3.05) is 20.8 Å². The summed E-state index contributed by atoms with van der Waals surface area (Å²) >= 11 is 1.50. The molecular weight excluding hydrogens is 478 g/mol. The normalized spacial score (nSPS) is 17.8. The summed E-state index contributed by atoms with van der Waals surface area (Å²) in [6.07, 6.45) is 7.75. The molecule has 8 nitrogen and oxygen atoms in total. The molecule has 0 spiro atoms. The molecule has 192 valence electrons. The molecule has 1 aliphatic carbocycles. The quantitative estimate of drug-likeness (QED) is 0.501. The molecule has 3 heterocycles. The Labute approximate surface area is 214 Å². The van der Waals surface area contributed by atoms with E-state index < -0.39 is 5.69 Å². The number of hydrogen-bond donors (Lipinski definition) is 0. The lowest BCUT2D eigenvalue weighted by Gasteiger charge is -2.35. The van der Waals surface area contributed by atoms with Gasteiger partial charge in [0.1, 0.15) is 22.9 Å². The van der Waals surface area contributed by atoms with Gasteiger partial charge in [-0.15, -0.1) is 11.3 Å². The van der Waals surface area contributed by atoms with E-state index in [1.165, 1.54) is 27.6 Å². The fraction of sp³-hybridized carbons (Fsp3) is 0.519. The number of ether oxygens (including phenoxy) is 2. The van der Waals surface area contributed by atoms with E-state index in [0.29, 0.717) is 33.9 Å². The molecule has 0 radical (unpaired) electrons. The Morgan fingerprint density at radius 2 is 1.89 bits per heavy atom. The zero-order valence-corrected chi connectivity index (χ0v) is 22.0. The predicted octanol–water partition coefficient (Wildman–Crippen LogP) is 3.90. The number of nitrogens with zero attached hydrogens (tertiary/aromatic N) is 3. The molecule has 1 atom stereocenters. The van der Waals surface area contributed by atoms with Crippen LogP contribution in [0.2, 0.25) is 0 Å². The van der Waals surface area contributed by atoms with Gasteiger partial charge in [-0.3, -0.25) is 14.2 Å². The number of hydrogen-bond acceptors (Lipinski definition) is 6. The number of aryl methyl sites for hydroxylation is 2. The monoisotopic (exact) mass is 511 g/mol. The number of benzene rings is 1. The molecule has 1 fully saturated rings. The largest absolute Gasteiger partial charge is 0.497 e. The van der Waals surface area contributed by atoms with Crippen LogP contribution in [-0.4, -0.2) is 46.7 Å². The summed E-state index contributed by atoms with van der Waals surface area (Å²) < 4.78 is 13.5. The van der Waals surface area contributed by atoms with Crippen LogP contribution in [0.5, 0.6) is 11.5 Å². The molecule has 0 N–H and O–H groups in total. The molecular formula is C27H33N3O5S. The average Bonchev–Trinajstić information content (AvgIpc) is 3.30. The Morgan fingerprint density at radius 3 is 2.64 bits per heavy atom. The third-order valence-corrected chi connectivity index (χ3v) is 8.89. The van der Waals surface area contributed by atoms with Crippen LogP contribution in [0.3, 0.4) is 0 Å². The van der Waals surface area contributed by atoms with Gasteiger partial charge in [0.2, 0.25) is 5.91 Å². The highest BCUT2D eigenvalue weighted by atomic mass is 32.1. The second kappa shape index (κ2) is 10.1. The summed E-state index contributed by atoms with van der Waals surface area (Å²) in [6, 6.07) is 5.21. The standard InChI is InChI=1S/C27H33N3O5S/c1-4-17-9-7-8-14-28(17)23(31)16-29-26-24(19-10-5-6-11-22(19)36-26)25(32)30(27(29)33)20-13-12-18(34-2)15-21(20)35-3/h12-13,15,17H,4-11,14,16H2,1-3H3. The van der Waals surface area contributed by atoms with E-state index in [4.69, 9.17) is 9.47 Å². The Hall–Kier alpha value is -3.07. The summed E-state index contributed by atoms with van der Waals surface area (Å²) in [5.74, 6) is 0.851. The molecule has 0 bridgehead atoms. The van der Waals surface area contributed by atoms with Crippen LogP contribution in [-0.2, 0) is 24.2 Å². The molecule has 1 saturated heterocycles. The highest BCUT2D eigenvalue weighted by Gasteiger charge is 2.29. The first kappa shape index (κ1) is 24.6. The van der Waals surface area contributed by atoms with E-state index in [9.17, 15) is 14.4 Å². The van der Waals surface area contributed by atoms with Gasteiger partial charge in [0.05, 0.1) is 25.3 Å². The van der Waals surface area contributed by atoms with Crippen molar-refractivity contribution in [3.8, 4) is 17.2 Å². The van der Waals surface area contributed by atoms with Crippen LogP contribution >= 0.6 is 11.3 Å². The van der Waals surface area contributed by atoms with Gasteiger partial charge in [0.15, 0.2) is 0 Å². The number of piperidine rings is 1. The number of rotatable bonds is 6. The highest BCUT2D eigenvalue weighted by molar-refractivity contribution is 7.18. The minimum absolute atomic E-state index is 0.0665. The number of thiophene rings is 1.